The molecule has 1 N–H and O–H groups in total. The Bertz CT molecular complexity index is 753. The molecule has 7 heteroatoms. The molecular formula is C16H17N5O2. The Morgan fingerprint density at radius 2 is 2.26 bits per heavy atom. The number of aryl methyl sites for hydroxylation is 1. The normalized spacial score (nSPS) is 12.0. The minimum absolute atomic E-state index is 0.0456. The van der Waals surface area contributed by atoms with Gasteiger partial charge in [0, 0.05) is 18.0 Å². The van der Waals surface area contributed by atoms with Crippen molar-refractivity contribution in [1.29, 1.82) is 0 Å². The second-order valence-corrected chi connectivity index (χ2v) is 5.30. The lowest BCUT2D eigenvalue weighted by atomic mass is 10.1. The number of amides is 1. The topological polar surface area (TPSA) is 85.8 Å². The summed E-state index contributed by atoms with van der Waals surface area (Å²) in [4.78, 5) is 12.3. The SMILES string of the molecule is C[C@H](CCc1ccco1)NC(=O)c1cccc(-n2cnnn2)c1. The van der Waals surface area contributed by atoms with E-state index in [-0.39, 0.29) is 11.9 Å². The summed E-state index contributed by atoms with van der Waals surface area (Å²) in [6, 6.07) is 11.0. The lowest BCUT2D eigenvalue weighted by Gasteiger charge is -2.13. The van der Waals surface area contributed by atoms with Crippen LogP contribution in [0, 0.1) is 0 Å². The largest absolute Gasteiger partial charge is 0.469 e. The van der Waals surface area contributed by atoms with Gasteiger partial charge in [-0.25, -0.2) is 4.68 Å². The third-order valence-corrected chi connectivity index (χ3v) is 3.50. The summed E-state index contributed by atoms with van der Waals surface area (Å²) in [6.45, 7) is 1.98. The third kappa shape index (κ3) is 3.82. The van der Waals surface area contributed by atoms with Crippen molar-refractivity contribution < 1.29 is 9.21 Å². The Hall–Kier alpha value is -2.96. The molecule has 0 saturated carbocycles. The zero-order valence-corrected chi connectivity index (χ0v) is 12.7. The van der Waals surface area contributed by atoms with Gasteiger partial charge in [0.25, 0.3) is 5.91 Å². The van der Waals surface area contributed by atoms with Gasteiger partial charge in [-0.15, -0.1) is 5.10 Å². The Morgan fingerprint density at radius 1 is 1.35 bits per heavy atom. The van der Waals surface area contributed by atoms with Crippen molar-refractivity contribution >= 4 is 5.91 Å². The molecule has 0 aliphatic rings. The maximum atomic E-state index is 12.3. The highest BCUT2D eigenvalue weighted by Crippen LogP contribution is 2.10. The number of hydrogen-bond acceptors (Lipinski definition) is 5. The molecular weight excluding hydrogens is 294 g/mol. The molecule has 118 valence electrons. The molecule has 0 fully saturated rings. The van der Waals surface area contributed by atoms with Crippen molar-refractivity contribution in [1.82, 2.24) is 25.5 Å². The molecule has 0 bridgehead atoms. The van der Waals surface area contributed by atoms with Gasteiger partial charge in [-0.05, 0) is 54.1 Å². The molecule has 2 aromatic heterocycles. The van der Waals surface area contributed by atoms with Crippen LogP contribution in [-0.2, 0) is 6.42 Å². The summed E-state index contributed by atoms with van der Waals surface area (Å²) < 4.78 is 6.81. The van der Waals surface area contributed by atoms with E-state index in [1.807, 2.05) is 25.1 Å². The minimum atomic E-state index is -0.119. The second kappa shape index (κ2) is 6.87. The van der Waals surface area contributed by atoms with E-state index in [2.05, 4.69) is 20.8 Å². The summed E-state index contributed by atoms with van der Waals surface area (Å²) in [5, 5.41) is 14.0. The molecule has 0 unspecified atom stereocenters. The summed E-state index contributed by atoms with van der Waals surface area (Å²) in [6.07, 6.45) is 4.75. The molecule has 3 rings (SSSR count). The lowest BCUT2D eigenvalue weighted by Crippen LogP contribution is -2.32. The highest BCUT2D eigenvalue weighted by atomic mass is 16.3. The van der Waals surface area contributed by atoms with Crippen LogP contribution in [-0.4, -0.2) is 32.2 Å². The molecule has 0 radical (unpaired) electrons. The standard InChI is InChI=1S/C16H17N5O2/c1-12(7-8-15-6-3-9-23-15)18-16(22)13-4-2-5-14(10-13)21-11-17-19-20-21/h2-6,9-12H,7-8H2,1H3,(H,18,22)/t12-/m1/s1. The van der Waals surface area contributed by atoms with Crippen LogP contribution in [0.1, 0.15) is 29.5 Å². The van der Waals surface area contributed by atoms with E-state index >= 15 is 0 Å². The van der Waals surface area contributed by atoms with Gasteiger partial charge in [0.05, 0.1) is 12.0 Å². The molecule has 2 heterocycles. The number of rotatable bonds is 6. The van der Waals surface area contributed by atoms with Crippen molar-refractivity contribution in [2.45, 2.75) is 25.8 Å². The van der Waals surface area contributed by atoms with Crippen LogP contribution in [0.3, 0.4) is 0 Å². The Morgan fingerprint density at radius 3 is 3.00 bits per heavy atom. The molecule has 7 nitrogen and oxygen atoms in total. The first kappa shape index (κ1) is 15.0. The quantitative estimate of drug-likeness (QED) is 0.752. The predicted octanol–water partition coefficient (Wildman–Crippen LogP) is 2.01. The van der Waals surface area contributed by atoms with Crippen LogP contribution in [0.15, 0.2) is 53.4 Å². The summed E-state index contributed by atoms with van der Waals surface area (Å²) in [5.74, 6) is 0.804. The van der Waals surface area contributed by atoms with Gasteiger partial charge < -0.3 is 9.73 Å². The van der Waals surface area contributed by atoms with E-state index < -0.39 is 0 Å². The van der Waals surface area contributed by atoms with Crippen LogP contribution in [0.2, 0.25) is 0 Å². The predicted molar refractivity (Wildman–Crippen MR) is 83.1 cm³/mol. The average Bonchev–Trinajstić information content (AvgIpc) is 3.26. The van der Waals surface area contributed by atoms with E-state index in [1.54, 1.807) is 24.5 Å². The second-order valence-electron chi connectivity index (χ2n) is 5.30. The van der Waals surface area contributed by atoms with Crippen LogP contribution in [0.5, 0.6) is 0 Å². The van der Waals surface area contributed by atoms with Crippen LogP contribution in [0.25, 0.3) is 5.69 Å². The number of carbonyl (C=O) groups excluding carboxylic acids is 1. The number of furan rings is 1. The molecule has 0 aliphatic heterocycles. The fourth-order valence-electron chi connectivity index (χ4n) is 2.26. The first-order valence-electron chi connectivity index (χ1n) is 7.39. The number of aromatic nitrogens is 4. The zero-order valence-electron chi connectivity index (χ0n) is 12.7. The zero-order chi connectivity index (χ0) is 16.1. The molecule has 0 saturated heterocycles. The van der Waals surface area contributed by atoms with E-state index in [4.69, 9.17) is 4.42 Å². The van der Waals surface area contributed by atoms with Crippen molar-refractivity contribution in [2.75, 3.05) is 0 Å². The van der Waals surface area contributed by atoms with Gasteiger partial charge >= 0.3 is 0 Å². The van der Waals surface area contributed by atoms with E-state index in [9.17, 15) is 4.79 Å². The molecule has 3 aromatic rings. The number of nitrogens with one attached hydrogen (secondary N) is 1. The van der Waals surface area contributed by atoms with Crippen LogP contribution >= 0.6 is 0 Å². The Kier molecular flexibility index (Phi) is 4.46. The number of carbonyl (C=O) groups is 1. The van der Waals surface area contributed by atoms with E-state index in [0.29, 0.717) is 5.56 Å². The van der Waals surface area contributed by atoms with Gasteiger partial charge in [0.1, 0.15) is 12.1 Å². The van der Waals surface area contributed by atoms with Gasteiger partial charge in [-0.3, -0.25) is 4.79 Å². The number of hydrogen-bond donors (Lipinski definition) is 1. The minimum Gasteiger partial charge on any atom is -0.469 e. The number of tetrazole rings is 1. The van der Waals surface area contributed by atoms with Gasteiger partial charge in [0.15, 0.2) is 0 Å². The summed E-state index contributed by atoms with van der Waals surface area (Å²) in [7, 11) is 0. The molecule has 0 aliphatic carbocycles. The van der Waals surface area contributed by atoms with Crippen molar-refractivity contribution in [3.63, 3.8) is 0 Å². The van der Waals surface area contributed by atoms with E-state index in [1.165, 1.54) is 11.0 Å². The van der Waals surface area contributed by atoms with Crippen LogP contribution in [0.4, 0.5) is 0 Å². The molecule has 1 aromatic carbocycles. The highest BCUT2D eigenvalue weighted by Gasteiger charge is 2.11. The van der Waals surface area contributed by atoms with Crippen molar-refractivity contribution in [2.24, 2.45) is 0 Å². The van der Waals surface area contributed by atoms with Gasteiger partial charge in [-0.2, -0.15) is 0 Å². The van der Waals surface area contributed by atoms with Crippen molar-refractivity contribution in [3.05, 3.63) is 60.3 Å². The maximum Gasteiger partial charge on any atom is 0.251 e. The summed E-state index contributed by atoms with van der Waals surface area (Å²) in [5.41, 5.74) is 1.31. The number of nitrogens with zero attached hydrogens (tertiary/aromatic N) is 4. The van der Waals surface area contributed by atoms with Gasteiger partial charge in [0.2, 0.25) is 0 Å². The Labute approximate surface area is 133 Å². The molecule has 23 heavy (non-hydrogen) atoms. The Balaban J connectivity index is 1.60. The first-order valence-corrected chi connectivity index (χ1v) is 7.39. The smallest absolute Gasteiger partial charge is 0.251 e. The van der Waals surface area contributed by atoms with Crippen molar-refractivity contribution in [3.8, 4) is 5.69 Å². The number of benzene rings is 1. The van der Waals surface area contributed by atoms with Gasteiger partial charge in [-0.1, -0.05) is 6.07 Å². The third-order valence-electron chi connectivity index (χ3n) is 3.50. The molecule has 1 amide bonds. The maximum absolute atomic E-state index is 12.3. The molecule has 1 atom stereocenters. The van der Waals surface area contributed by atoms with E-state index in [0.717, 1.165) is 24.3 Å². The molecule has 0 spiro atoms. The highest BCUT2D eigenvalue weighted by molar-refractivity contribution is 5.94. The first-order chi connectivity index (χ1) is 11.2. The van der Waals surface area contributed by atoms with Crippen LogP contribution < -0.4 is 5.32 Å². The monoisotopic (exact) mass is 311 g/mol. The summed E-state index contributed by atoms with van der Waals surface area (Å²) >= 11 is 0. The fraction of sp³-hybridized carbons (Fsp3) is 0.250. The average molecular weight is 311 g/mol. The fourth-order valence-corrected chi connectivity index (χ4v) is 2.26. The lowest BCUT2D eigenvalue weighted by molar-refractivity contribution is 0.0938.